The molecule has 0 spiro atoms. The van der Waals surface area contributed by atoms with Crippen LogP contribution in [0, 0.1) is 5.92 Å². The first kappa shape index (κ1) is 29.1. The van der Waals surface area contributed by atoms with Gasteiger partial charge in [0.2, 0.25) is 0 Å². The van der Waals surface area contributed by atoms with Gasteiger partial charge in [0.05, 0.1) is 33.9 Å². The molecular weight excluding hydrogens is 413 g/mol. The van der Waals surface area contributed by atoms with E-state index in [4.69, 9.17) is 13.8 Å². The van der Waals surface area contributed by atoms with E-state index in [2.05, 4.69) is 6.92 Å². The minimum Gasteiger partial charge on any atom is -0.378 e. The molecule has 1 saturated carbocycles. The summed E-state index contributed by atoms with van der Waals surface area (Å²) in [5.41, 5.74) is 0. The van der Waals surface area contributed by atoms with Crippen LogP contribution < -0.4 is 0 Å². The number of rotatable bonds is 20. The molecule has 1 rings (SSSR count). The molecule has 0 aromatic carbocycles. The number of hydrogen-bond donors (Lipinski definition) is 1. The summed E-state index contributed by atoms with van der Waals surface area (Å²) in [7, 11) is 2.07. The zero-order chi connectivity index (χ0) is 23.0. The number of nitrogens with zero attached hydrogens (tertiary/aromatic N) is 1. The molecule has 1 unspecified atom stereocenters. The first-order valence-corrected chi connectivity index (χ1v) is 14.3. The van der Waals surface area contributed by atoms with Crippen molar-refractivity contribution in [3.8, 4) is 0 Å². The molecule has 0 radical (unpaired) electrons. The lowest BCUT2D eigenvalue weighted by Crippen LogP contribution is -2.37. The summed E-state index contributed by atoms with van der Waals surface area (Å²) in [6.07, 6.45) is 17.9. The molecule has 31 heavy (non-hydrogen) atoms. The van der Waals surface area contributed by atoms with Gasteiger partial charge in [-0.25, -0.2) is 4.57 Å². The first-order chi connectivity index (χ1) is 14.7. The first-order valence-electron chi connectivity index (χ1n) is 12.8. The summed E-state index contributed by atoms with van der Waals surface area (Å²) >= 11 is 0. The lowest BCUT2D eigenvalue weighted by Gasteiger charge is -2.24. The minimum absolute atomic E-state index is 0.148. The summed E-state index contributed by atoms with van der Waals surface area (Å²) in [6, 6.07) is 0. The fraction of sp³-hybridized carbons (Fsp3) is 1.00. The number of quaternary nitrogens is 1. The number of likely N-dealkylation sites (N-methyl/N-ethyl adjacent to an activating group) is 1. The topological polar surface area (TPSA) is 65.0 Å². The third kappa shape index (κ3) is 16.3. The fourth-order valence-electron chi connectivity index (χ4n) is 4.07. The Morgan fingerprint density at radius 1 is 0.839 bits per heavy atom. The highest BCUT2D eigenvalue weighted by Crippen LogP contribution is 2.44. The molecule has 0 bridgehead atoms. The third-order valence-corrected chi connectivity index (χ3v) is 7.12. The molecule has 0 heterocycles. The van der Waals surface area contributed by atoms with Crippen LogP contribution in [-0.2, 0) is 18.3 Å². The summed E-state index contributed by atoms with van der Waals surface area (Å²) in [5, 5.41) is 0. The second-order valence-corrected chi connectivity index (χ2v) is 11.7. The normalized spacial score (nSPS) is 21.5. The van der Waals surface area contributed by atoms with Gasteiger partial charge in [0, 0.05) is 12.5 Å². The molecule has 0 saturated heterocycles. The van der Waals surface area contributed by atoms with E-state index in [1.807, 2.05) is 21.1 Å². The lowest BCUT2D eigenvalue weighted by molar-refractivity contribution is -0.870. The van der Waals surface area contributed by atoms with Crippen LogP contribution in [0.5, 0.6) is 0 Å². The lowest BCUT2D eigenvalue weighted by atomic mass is 10.1. The smallest absolute Gasteiger partial charge is 0.378 e. The van der Waals surface area contributed by atoms with Gasteiger partial charge in [-0.1, -0.05) is 77.6 Å². The van der Waals surface area contributed by atoms with Gasteiger partial charge in [-0.15, -0.1) is 0 Å². The Morgan fingerprint density at radius 3 is 2.00 bits per heavy atom. The number of unbranched alkanes of at least 4 members (excludes halogenated alkanes) is 10. The van der Waals surface area contributed by atoms with E-state index in [1.165, 1.54) is 64.2 Å². The van der Waals surface area contributed by atoms with E-state index in [9.17, 15) is 9.46 Å². The SMILES string of the molecule is CCCCCCCCCCCCCO[C@@H]1CCC[C@H]1COP(=O)(O)OCC[N+](C)(C)C. The van der Waals surface area contributed by atoms with Crippen molar-refractivity contribution in [1.29, 1.82) is 0 Å². The van der Waals surface area contributed by atoms with E-state index in [0.29, 0.717) is 11.0 Å². The predicted octanol–water partition coefficient (Wildman–Crippen LogP) is 6.32. The predicted molar refractivity (Wildman–Crippen MR) is 128 cm³/mol. The zero-order valence-electron chi connectivity index (χ0n) is 20.9. The van der Waals surface area contributed by atoms with Gasteiger partial charge in [-0.3, -0.25) is 9.05 Å². The van der Waals surface area contributed by atoms with Crippen LogP contribution in [0.25, 0.3) is 0 Å². The second-order valence-electron chi connectivity index (χ2n) is 10.2. The molecule has 6 nitrogen and oxygen atoms in total. The fourth-order valence-corrected chi connectivity index (χ4v) is 4.84. The van der Waals surface area contributed by atoms with Crippen LogP contribution in [-0.4, -0.2) is 63.0 Å². The van der Waals surface area contributed by atoms with Crippen LogP contribution in [0.15, 0.2) is 0 Å². The van der Waals surface area contributed by atoms with Crippen molar-refractivity contribution in [2.45, 2.75) is 103 Å². The summed E-state index contributed by atoms with van der Waals surface area (Å²) in [6.45, 7) is 4.15. The van der Waals surface area contributed by atoms with Crippen LogP contribution >= 0.6 is 7.82 Å². The molecule has 3 atom stereocenters. The van der Waals surface area contributed by atoms with Crippen LogP contribution in [0.1, 0.15) is 96.8 Å². The van der Waals surface area contributed by atoms with Crippen molar-refractivity contribution in [2.24, 2.45) is 5.92 Å². The van der Waals surface area contributed by atoms with Crippen molar-refractivity contribution in [3.63, 3.8) is 0 Å². The molecule has 0 aromatic rings. The van der Waals surface area contributed by atoms with Crippen molar-refractivity contribution < 1.29 is 27.7 Å². The van der Waals surface area contributed by atoms with Crippen molar-refractivity contribution >= 4 is 7.82 Å². The third-order valence-electron chi connectivity index (χ3n) is 6.14. The molecule has 1 aliphatic rings. The summed E-state index contributed by atoms with van der Waals surface area (Å²) < 4.78 is 29.3. The Morgan fingerprint density at radius 2 is 1.42 bits per heavy atom. The molecule has 1 fully saturated rings. The van der Waals surface area contributed by atoms with Crippen molar-refractivity contribution in [3.05, 3.63) is 0 Å². The Balaban J connectivity index is 2.05. The molecule has 1 N–H and O–H groups in total. The average molecular weight is 465 g/mol. The van der Waals surface area contributed by atoms with Crippen LogP contribution in [0.4, 0.5) is 0 Å². The number of phosphoric acid groups is 1. The summed E-state index contributed by atoms with van der Waals surface area (Å²) in [5.74, 6) is 0.190. The van der Waals surface area contributed by atoms with Gasteiger partial charge in [0.1, 0.15) is 13.2 Å². The molecule has 0 aliphatic heterocycles. The van der Waals surface area contributed by atoms with Gasteiger partial charge in [0.25, 0.3) is 0 Å². The molecular formula is C24H51NO5P+. The van der Waals surface area contributed by atoms with Crippen molar-refractivity contribution in [1.82, 2.24) is 0 Å². The Kier molecular flexibility index (Phi) is 15.6. The minimum atomic E-state index is -3.98. The van der Waals surface area contributed by atoms with Gasteiger partial charge in [0.15, 0.2) is 0 Å². The number of phosphoric ester groups is 1. The molecule has 7 heteroatoms. The maximum Gasteiger partial charge on any atom is 0.472 e. The second kappa shape index (κ2) is 16.6. The van der Waals surface area contributed by atoms with Gasteiger partial charge in [-0.2, -0.15) is 0 Å². The van der Waals surface area contributed by atoms with E-state index >= 15 is 0 Å². The van der Waals surface area contributed by atoms with Crippen molar-refractivity contribution in [2.75, 3.05) is 47.5 Å². The van der Waals surface area contributed by atoms with E-state index in [1.54, 1.807) is 0 Å². The van der Waals surface area contributed by atoms with E-state index in [0.717, 1.165) is 32.3 Å². The Labute approximate surface area is 192 Å². The summed E-state index contributed by atoms with van der Waals surface area (Å²) in [4.78, 5) is 9.91. The monoisotopic (exact) mass is 464 g/mol. The maximum absolute atomic E-state index is 12.1. The van der Waals surface area contributed by atoms with E-state index < -0.39 is 7.82 Å². The molecule has 0 aromatic heterocycles. The van der Waals surface area contributed by atoms with Crippen LogP contribution in [0.3, 0.4) is 0 Å². The number of ether oxygens (including phenoxy) is 1. The van der Waals surface area contributed by atoms with Gasteiger partial charge >= 0.3 is 7.82 Å². The zero-order valence-corrected chi connectivity index (χ0v) is 21.8. The number of hydrogen-bond acceptors (Lipinski definition) is 4. The maximum atomic E-state index is 12.1. The van der Waals surface area contributed by atoms with E-state index in [-0.39, 0.29) is 25.2 Å². The van der Waals surface area contributed by atoms with Gasteiger partial charge in [-0.05, 0) is 19.3 Å². The van der Waals surface area contributed by atoms with Gasteiger partial charge < -0.3 is 14.1 Å². The Bertz CT molecular complexity index is 483. The quantitative estimate of drug-likeness (QED) is 0.130. The highest BCUT2D eigenvalue weighted by molar-refractivity contribution is 7.47. The Hall–Kier alpha value is 0.0300. The molecule has 1 aliphatic carbocycles. The molecule has 0 amide bonds. The highest BCUT2D eigenvalue weighted by atomic mass is 31.2. The molecule has 186 valence electrons. The standard InChI is InChI=1S/C24H50NO5P/c1-5-6-7-8-9-10-11-12-13-14-15-20-28-24-18-16-17-23(24)22-30-31(26,27)29-21-19-25(2,3)4/h23-24H,5-22H2,1-4H3/p+1/t23-,24+/m0/s1. The largest absolute Gasteiger partial charge is 0.472 e. The highest BCUT2D eigenvalue weighted by Gasteiger charge is 2.31. The average Bonchev–Trinajstić information content (AvgIpc) is 3.13. The van der Waals surface area contributed by atoms with Crippen LogP contribution in [0.2, 0.25) is 0 Å².